The number of carbonyl (C=O) groups is 1. The van der Waals surface area contributed by atoms with Gasteiger partial charge in [0.15, 0.2) is 5.92 Å². The van der Waals surface area contributed by atoms with E-state index >= 15 is 0 Å². The summed E-state index contributed by atoms with van der Waals surface area (Å²) in [6, 6.07) is 1.65. The van der Waals surface area contributed by atoms with E-state index in [0.717, 1.165) is 23.2 Å². The second-order valence-corrected chi connectivity index (χ2v) is 4.17. The molecule has 7 heteroatoms. The summed E-state index contributed by atoms with van der Waals surface area (Å²) in [5.74, 6) is -3.94. The third kappa shape index (κ3) is 2.78. The number of hydrogen-bond donors (Lipinski definition) is 1. The molecule has 4 nitrogen and oxygen atoms in total. The predicted molar refractivity (Wildman–Crippen MR) is 51.4 cm³/mol. The number of rotatable bonds is 4. The van der Waals surface area contributed by atoms with E-state index in [0.29, 0.717) is 5.92 Å². The van der Waals surface area contributed by atoms with Crippen LogP contribution in [0.15, 0.2) is 12.3 Å². The van der Waals surface area contributed by atoms with Crippen molar-refractivity contribution < 1.29 is 23.1 Å². The Morgan fingerprint density at radius 3 is 2.71 bits per heavy atom. The molecule has 0 spiro atoms. The van der Waals surface area contributed by atoms with Crippen LogP contribution in [0.2, 0.25) is 0 Å². The van der Waals surface area contributed by atoms with Gasteiger partial charge in [-0.3, -0.25) is 9.48 Å². The lowest BCUT2D eigenvalue weighted by molar-refractivity contribution is -0.196. The summed E-state index contributed by atoms with van der Waals surface area (Å²) in [5, 5.41) is 12.5. The van der Waals surface area contributed by atoms with Gasteiger partial charge in [-0.25, -0.2) is 0 Å². The molecule has 0 bridgehead atoms. The minimum atomic E-state index is -4.75. The quantitative estimate of drug-likeness (QED) is 0.886. The lowest BCUT2D eigenvalue weighted by Gasteiger charge is -2.15. The highest BCUT2D eigenvalue weighted by atomic mass is 19.4. The molecule has 1 aromatic rings. The zero-order valence-electron chi connectivity index (χ0n) is 8.81. The third-order valence-electron chi connectivity index (χ3n) is 2.72. The largest absolute Gasteiger partial charge is 0.481 e. The molecular formula is C10H11F3N2O2. The molecule has 0 saturated heterocycles. The van der Waals surface area contributed by atoms with Crippen LogP contribution in [0.5, 0.6) is 0 Å². The number of aromatic nitrogens is 2. The summed E-state index contributed by atoms with van der Waals surface area (Å²) in [7, 11) is 0. The van der Waals surface area contributed by atoms with Crippen molar-refractivity contribution in [1.29, 1.82) is 0 Å². The van der Waals surface area contributed by atoms with Gasteiger partial charge < -0.3 is 5.11 Å². The highest BCUT2D eigenvalue weighted by Crippen LogP contribution is 2.39. The summed E-state index contributed by atoms with van der Waals surface area (Å²) >= 11 is 0. The Balaban J connectivity index is 2.08. The van der Waals surface area contributed by atoms with Crippen molar-refractivity contribution in [2.45, 2.75) is 31.5 Å². The van der Waals surface area contributed by atoms with Crippen molar-refractivity contribution in [3.63, 3.8) is 0 Å². The second kappa shape index (κ2) is 4.05. The summed E-state index contributed by atoms with van der Waals surface area (Å²) in [4.78, 5) is 10.5. The minimum Gasteiger partial charge on any atom is -0.481 e. The molecule has 2 rings (SSSR count). The van der Waals surface area contributed by atoms with E-state index in [9.17, 15) is 18.0 Å². The summed E-state index contributed by atoms with van der Waals surface area (Å²) in [6.45, 7) is -0.675. The molecule has 1 saturated carbocycles. The van der Waals surface area contributed by atoms with Crippen LogP contribution in [0, 0.1) is 5.92 Å². The first-order valence-electron chi connectivity index (χ1n) is 5.21. The molecule has 0 amide bonds. The van der Waals surface area contributed by atoms with E-state index < -0.39 is 24.6 Å². The Morgan fingerprint density at radius 1 is 1.59 bits per heavy atom. The van der Waals surface area contributed by atoms with Gasteiger partial charge in [0, 0.05) is 12.1 Å². The maximum atomic E-state index is 12.4. The van der Waals surface area contributed by atoms with Gasteiger partial charge in [0.25, 0.3) is 0 Å². The van der Waals surface area contributed by atoms with E-state index in [4.69, 9.17) is 5.11 Å². The first-order chi connectivity index (χ1) is 7.88. The summed E-state index contributed by atoms with van der Waals surface area (Å²) in [6.07, 6.45) is -1.36. The zero-order chi connectivity index (χ0) is 12.6. The van der Waals surface area contributed by atoms with Crippen LogP contribution in [0.25, 0.3) is 0 Å². The van der Waals surface area contributed by atoms with Gasteiger partial charge in [0.05, 0.1) is 12.2 Å². The van der Waals surface area contributed by atoms with Gasteiger partial charge in [-0.05, 0) is 18.9 Å². The normalized spacial score (nSPS) is 18.1. The van der Waals surface area contributed by atoms with Gasteiger partial charge in [0.1, 0.15) is 0 Å². The molecule has 1 unspecified atom stereocenters. The van der Waals surface area contributed by atoms with Gasteiger partial charge in [-0.1, -0.05) is 0 Å². The Morgan fingerprint density at radius 2 is 2.24 bits per heavy atom. The molecule has 17 heavy (non-hydrogen) atoms. The molecule has 1 fully saturated rings. The van der Waals surface area contributed by atoms with E-state index in [1.54, 1.807) is 6.07 Å². The Hall–Kier alpha value is -1.53. The van der Waals surface area contributed by atoms with Crippen LogP contribution >= 0.6 is 0 Å². The maximum absolute atomic E-state index is 12.4. The first kappa shape index (κ1) is 11.9. The van der Waals surface area contributed by atoms with E-state index in [1.807, 2.05) is 0 Å². The first-order valence-corrected chi connectivity index (χ1v) is 5.21. The van der Waals surface area contributed by atoms with Crippen molar-refractivity contribution in [3.05, 3.63) is 18.0 Å². The van der Waals surface area contributed by atoms with Crippen molar-refractivity contribution in [2.24, 2.45) is 5.92 Å². The molecule has 1 atom stereocenters. The number of carboxylic acids is 1. The standard InChI is InChI=1S/C10H11F3N2O2/c11-10(12,13)7(9(16)17)5-15-4-3-8(14-15)6-1-2-6/h3-4,6-7H,1-2,5H2,(H,16,17). The second-order valence-electron chi connectivity index (χ2n) is 4.17. The molecule has 0 aliphatic heterocycles. The van der Waals surface area contributed by atoms with E-state index in [1.165, 1.54) is 6.20 Å². The average Bonchev–Trinajstić information content (AvgIpc) is 2.93. The van der Waals surface area contributed by atoms with Crippen molar-refractivity contribution in [1.82, 2.24) is 9.78 Å². The number of carboxylic acid groups (broad SMARTS) is 1. The number of aliphatic carboxylic acids is 1. The topological polar surface area (TPSA) is 55.1 Å². The number of alkyl halides is 3. The summed E-state index contributed by atoms with van der Waals surface area (Å²) < 4.78 is 38.3. The van der Waals surface area contributed by atoms with E-state index in [-0.39, 0.29) is 0 Å². The monoisotopic (exact) mass is 248 g/mol. The molecule has 1 N–H and O–H groups in total. The zero-order valence-corrected chi connectivity index (χ0v) is 8.81. The molecule has 1 heterocycles. The fourth-order valence-corrected chi connectivity index (χ4v) is 1.58. The van der Waals surface area contributed by atoms with Crippen LogP contribution in [0.3, 0.4) is 0 Å². The van der Waals surface area contributed by atoms with Gasteiger partial charge in [-0.15, -0.1) is 0 Å². The SMILES string of the molecule is O=C(O)C(Cn1ccc(C2CC2)n1)C(F)(F)F. The smallest absolute Gasteiger partial charge is 0.404 e. The Labute approximate surface area is 95.0 Å². The molecule has 1 aliphatic carbocycles. The van der Waals surface area contributed by atoms with Crippen molar-refractivity contribution in [2.75, 3.05) is 0 Å². The van der Waals surface area contributed by atoms with E-state index in [2.05, 4.69) is 5.10 Å². The van der Waals surface area contributed by atoms with Gasteiger partial charge in [-0.2, -0.15) is 18.3 Å². The average molecular weight is 248 g/mol. The van der Waals surface area contributed by atoms with Crippen LogP contribution in [0.1, 0.15) is 24.5 Å². The molecule has 1 aliphatic rings. The third-order valence-corrected chi connectivity index (χ3v) is 2.72. The molecule has 0 aromatic carbocycles. The molecule has 1 aromatic heterocycles. The minimum absolute atomic E-state index is 0.338. The van der Waals surface area contributed by atoms with Crippen LogP contribution in [0.4, 0.5) is 13.2 Å². The summed E-state index contributed by atoms with van der Waals surface area (Å²) in [5.41, 5.74) is 0.747. The fourth-order valence-electron chi connectivity index (χ4n) is 1.58. The predicted octanol–water partition coefficient (Wildman–Crippen LogP) is 2.02. The Bertz CT molecular complexity index is 423. The Kier molecular flexibility index (Phi) is 2.84. The molecule has 0 radical (unpaired) electrons. The van der Waals surface area contributed by atoms with Crippen LogP contribution < -0.4 is 0 Å². The highest BCUT2D eigenvalue weighted by Gasteiger charge is 2.45. The number of hydrogen-bond acceptors (Lipinski definition) is 2. The van der Waals surface area contributed by atoms with Gasteiger partial charge in [0.2, 0.25) is 0 Å². The van der Waals surface area contributed by atoms with Crippen LogP contribution in [-0.2, 0) is 11.3 Å². The number of halogens is 3. The lowest BCUT2D eigenvalue weighted by Crippen LogP contribution is -2.34. The van der Waals surface area contributed by atoms with Gasteiger partial charge >= 0.3 is 12.1 Å². The lowest BCUT2D eigenvalue weighted by atomic mass is 10.1. The molecule has 94 valence electrons. The number of nitrogens with zero attached hydrogens (tertiary/aromatic N) is 2. The van der Waals surface area contributed by atoms with Crippen LogP contribution in [-0.4, -0.2) is 27.0 Å². The fraction of sp³-hybridized carbons (Fsp3) is 0.600. The van der Waals surface area contributed by atoms with Crippen molar-refractivity contribution >= 4 is 5.97 Å². The highest BCUT2D eigenvalue weighted by molar-refractivity contribution is 5.70. The van der Waals surface area contributed by atoms with Crippen molar-refractivity contribution in [3.8, 4) is 0 Å². The molecular weight excluding hydrogens is 237 g/mol. The maximum Gasteiger partial charge on any atom is 0.404 e.